The Balaban J connectivity index is 1.53. The average molecular weight is 392 g/mol. The van der Waals surface area contributed by atoms with Crippen LogP contribution in [0.2, 0.25) is 0 Å². The molecule has 152 valence electrons. The standard InChI is InChI=1S/C23H29N5O/c1-26-15-17-27(18-16-26)13-8-14-28-21(29)23(25-22(28)24,19-9-4-2-5-10-19)20-11-6-3-7-12-20/h2-7,9-12H,8,13-18H2,1H3,(H2,24,25). The molecule has 29 heavy (non-hydrogen) atoms. The van der Waals surface area contributed by atoms with E-state index >= 15 is 0 Å². The van der Waals surface area contributed by atoms with E-state index in [1.165, 1.54) is 0 Å². The zero-order chi connectivity index (χ0) is 20.3. The lowest BCUT2D eigenvalue weighted by molar-refractivity contribution is -0.130. The summed E-state index contributed by atoms with van der Waals surface area (Å²) in [6, 6.07) is 19.5. The highest BCUT2D eigenvalue weighted by Gasteiger charge is 2.51. The minimum absolute atomic E-state index is 0.0710. The summed E-state index contributed by atoms with van der Waals surface area (Å²) in [5, 5.41) is 11.7. The molecule has 4 rings (SSSR count). The van der Waals surface area contributed by atoms with Crippen molar-refractivity contribution in [2.24, 2.45) is 0 Å². The Kier molecular flexibility index (Phi) is 5.65. The van der Waals surface area contributed by atoms with Gasteiger partial charge in [0.05, 0.1) is 0 Å². The molecule has 0 bridgehead atoms. The summed E-state index contributed by atoms with van der Waals surface area (Å²) < 4.78 is 0. The molecule has 2 saturated heterocycles. The molecule has 2 fully saturated rings. The number of benzene rings is 2. The molecule has 1 amide bonds. The van der Waals surface area contributed by atoms with Crippen LogP contribution in [0, 0.1) is 5.41 Å². The van der Waals surface area contributed by atoms with Crippen LogP contribution in [-0.4, -0.2) is 72.9 Å². The third-order valence-electron chi connectivity index (χ3n) is 6.01. The van der Waals surface area contributed by atoms with Crippen LogP contribution in [0.3, 0.4) is 0 Å². The van der Waals surface area contributed by atoms with Crippen LogP contribution in [0.4, 0.5) is 0 Å². The zero-order valence-corrected chi connectivity index (χ0v) is 17.0. The molecule has 2 aromatic carbocycles. The molecule has 2 N–H and O–H groups in total. The van der Waals surface area contributed by atoms with Gasteiger partial charge in [0.15, 0.2) is 11.5 Å². The highest BCUT2D eigenvalue weighted by molar-refractivity contribution is 6.10. The number of carbonyl (C=O) groups is 1. The van der Waals surface area contributed by atoms with Gasteiger partial charge in [0, 0.05) is 32.7 Å². The number of amides is 1. The number of likely N-dealkylation sites (N-methyl/N-ethyl adjacent to an activating group) is 1. The van der Waals surface area contributed by atoms with Crippen molar-refractivity contribution in [3.8, 4) is 0 Å². The minimum Gasteiger partial charge on any atom is -0.334 e. The predicted molar refractivity (Wildman–Crippen MR) is 115 cm³/mol. The van der Waals surface area contributed by atoms with Gasteiger partial charge in [0.2, 0.25) is 0 Å². The average Bonchev–Trinajstić information content (AvgIpc) is 3.02. The lowest BCUT2D eigenvalue weighted by Crippen LogP contribution is -2.46. The molecule has 0 atom stereocenters. The SMILES string of the molecule is CN1CCN(CCCN2C(=N)NC(c3ccccc3)(c3ccccc3)C2=O)CC1. The molecule has 0 unspecified atom stereocenters. The molecule has 6 heteroatoms. The molecule has 6 nitrogen and oxygen atoms in total. The number of piperazine rings is 1. The van der Waals surface area contributed by atoms with Crippen LogP contribution >= 0.6 is 0 Å². The monoisotopic (exact) mass is 391 g/mol. The van der Waals surface area contributed by atoms with Crippen LogP contribution in [0.1, 0.15) is 17.5 Å². The van der Waals surface area contributed by atoms with E-state index < -0.39 is 5.54 Å². The minimum atomic E-state index is -1.03. The van der Waals surface area contributed by atoms with E-state index in [1.54, 1.807) is 4.90 Å². The van der Waals surface area contributed by atoms with Crippen molar-refractivity contribution >= 4 is 11.9 Å². The third kappa shape index (κ3) is 3.78. The Morgan fingerprint density at radius 2 is 1.45 bits per heavy atom. The van der Waals surface area contributed by atoms with Gasteiger partial charge in [0.1, 0.15) is 0 Å². The van der Waals surface area contributed by atoms with Gasteiger partial charge in [-0.2, -0.15) is 0 Å². The van der Waals surface area contributed by atoms with Gasteiger partial charge in [-0.05, 0) is 31.1 Å². The van der Waals surface area contributed by atoms with Crippen LogP contribution in [0.5, 0.6) is 0 Å². The van der Waals surface area contributed by atoms with Gasteiger partial charge in [-0.3, -0.25) is 15.1 Å². The second-order valence-corrected chi connectivity index (χ2v) is 7.91. The summed E-state index contributed by atoms with van der Waals surface area (Å²) in [5.41, 5.74) is 0.693. The van der Waals surface area contributed by atoms with Crippen molar-refractivity contribution in [2.75, 3.05) is 46.3 Å². The van der Waals surface area contributed by atoms with Gasteiger partial charge in [-0.15, -0.1) is 0 Å². The van der Waals surface area contributed by atoms with Crippen molar-refractivity contribution in [1.29, 1.82) is 5.41 Å². The maximum Gasteiger partial charge on any atom is 0.264 e. The Labute approximate surface area is 172 Å². The number of hydrogen-bond donors (Lipinski definition) is 2. The quantitative estimate of drug-likeness (QED) is 0.790. The third-order valence-corrected chi connectivity index (χ3v) is 6.01. The number of nitrogens with one attached hydrogen (secondary N) is 2. The van der Waals surface area contributed by atoms with E-state index in [4.69, 9.17) is 5.41 Å². The first-order chi connectivity index (χ1) is 14.1. The molecule has 2 aliphatic rings. The first kappa shape index (κ1) is 19.6. The van der Waals surface area contributed by atoms with Crippen LogP contribution in [0.25, 0.3) is 0 Å². The summed E-state index contributed by atoms with van der Waals surface area (Å²) in [7, 11) is 2.15. The topological polar surface area (TPSA) is 62.7 Å². The fourth-order valence-corrected chi connectivity index (χ4v) is 4.27. The van der Waals surface area contributed by atoms with Crippen molar-refractivity contribution in [2.45, 2.75) is 12.0 Å². The Hall–Kier alpha value is -2.70. The maximum absolute atomic E-state index is 13.7. The molecular formula is C23H29N5O. The van der Waals surface area contributed by atoms with E-state index in [0.29, 0.717) is 6.54 Å². The molecular weight excluding hydrogens is 362 g/mol. The summed E-state index contributed by atoms with van der Waals surface area (Å²) in [5.74, 6) is 0.111. The van der Waals surface area contributed by atoms with Gasteiger partial charge in [-0.1, -0.05) is 60.7 Å². The largest absolute Gasteiger partial charge is 0.334 e. The fraction of sp³-hybridized carbons (Fsp3) is 0.391. The molecule has 0 aliphatic carbocycles. The molecule has 2 heterocycles. The highest BCUT2D eigenvalue weighted by atomic mass is 16.2. The normalized spacial score (nSPS) is 20.1. The Morgan fingerprint density at radius 1 is 0.897 bits per heavy atom. The maximum atomic E-state index is 13.7. The Bertz CT molecular complexity index is 807. The number of carbonyl (C=O) groups excluding carboxylic acids is 1. The van der Waals surface area contributed by atoms with Crippen molar-refractivity contribution < 1.29 is 4.79 Å². The first-order valence-electron chi connectivity index (χ1n) is 10.3. The second-order valence-electron chi connectivity index (χ2n) is 7.91. The number of guanidine groups is 1. The van der Waals surface area contributed by atoms with E-state index in [0.717, 1.165) is 50.3 Å². The molecule has 2 aromatic rings. The van der Waals surface area contributed by atoms with Gasteiger partial charge < -0.3 is 15.1 Å². The fourth-order valence-electron chi connectivity index (χ4n) is 4.27. The van der Waals surface area contributed by atoms with E-state index in [2.05, 4.69) is 22.2 Å². The van der Waals surface area contributed by atoms with E-state index in [-0.39, 0.29) is 11.9 Å². The van der Waals surface area contributed by atoms with E-state index in [1.807, 2.05) is 60.7 Å². The second kappa shape index (κ2) is 8.35. The summed E-state index contributed by atoms with van der Waals surface area (Å²) in [6.07, 6.45) is 0.860. The molecule has 0 radical (unpaired) electrons. The smallest absolute Gasteiger partial charge is 0.264 e. The summed E-state index contributed by atoms with van der Waals surface area (Å²) in [6.45, 7) is 5.82. The van der Waals surface area contributed by atoms with Crippen LogP contribution in [-0.2, 0) is 10.3 Å². The molecule has 0 saturated carbocycles. The lowest BCUT2D eigenvalue weighted by atomic mass is 9.82. The number of nitrogens with zero attached hydrogens (tertiary/aromatic N) is 3. The number of rotatable bonds is 6. The summed E-state index contributed by atoms with van der Waals surface area (Å²) in [4.78, 5) is 20.1. The van der Waals surface area contributed by atoms with Gasteiger partial charge >= 0.3 is 0 Å². The molecule has 0 aromatic heterocycles. The molecule has 0 spiro atoms. The zero-order valence-electron chi connectivity index (χ0n) is 17.0. The van der Waals surface area contributed by atoms with Gasteiger partial charge in [0.25, 0.3) is 5.91 Å². The highest BCUT2D eigenvalue weighted by Crippen LogP contribution is 2.35. The van der Waals surface area contributed by atoms with Crippen molar-refractivity contribution in [3.63, 3.8) is 0 Å². The predicted octanol–water partition coefficient (Wildman–Crippen LogP) is 1.93. The first-order valence-corrected chi connectivity index (χ1v) is 10.3. The van der Waals surface area contributed by atoms with Gasteiger partial charge in [-0.25, -0.2) is 0 Å². The van der Waals surface area contributed by atoms with Crippen LogP contribution < -0.4 is 5.32 Å². The molecule has 2 aliphatic heterocycles. The Morgan fingerprint density at radius 3 is 2.00 bits per heavy atom. The summed E-state index contributed by atoms with van der Waals surface area (Å²) >= 11 is 0. The van der Waals surface area contributed by atoms with Crippen molar-refractivity contribution in [3.05, 3.63) is 71.8 Å². The van der Waals surface area contributed by atoms with Crippen LogP contribution in [0.15, 0.2) is 60.7 Å². The van der Waals surface area contributed by atoms with E-state index in [9.17, 15) is 4.79 Å². The van der Waals surface area contributed by atoms with Crippen molar-refractivity contribution in [1.82, 2.24) is 20.0 Å². The number of hydrogen-bond acceptors (Lipinski definition) is 4. The lowest BCUT2D eigenvalue weighted by Gasteiger charge is -2.32.